The Morgan fingerprint density at radius 2 is 2.35 bits per heavy atom. The number of amides is 2. The van der Waals surface area contributed by atoms with Gasteiger partial charge in [0.05, 0.1) is 0 Å². The number of aromatic nitrogens is 2. The van der Waals surface area contributed by atoms with E-state index >= 15 is 0 Å². The molecule has 1 atom stereocenters. The van der Waals surface area contributed by atoms with Crippen molar-refractivity contribution in [1.29, 1.82) is 0 Å². The Morgan fingerprint density at radius 1 is 1.53 bits per heavy atom. The summed E-state index contributed by atoms with van der Waals surface area (Å²) in [5.41, 5.74) is 0.207. The van der Waals surface area contributed by atoms with E-state index in [2.05, 4.69) is 20.8 Å². The highest BCUT2D eigenvalue weighted by atomic mass is 35.5. The summed E-state index contributed by atoms with van der Waals surface area (Å²) >= 11 is 5.56. The number of carbonyl (C=O) groups is 2. The summed E-state index contributed by atoms with van der Waals surface area (Å²) < 4.78 is 0. The predicted octanol–water partition coefficient (Wildman–Crippen LogP) is 0.138. The molecule has 0 aliphatic carbocycles. The van der Waals surface area contributed by atoms with Gasteiger partial charge in [0.25, 0.3) is 5.91 Å². The molecule has 0 bridgehead atoms. The molecular formula is C10H11ClN4O2. The van der Waals surface area contributed by atoms with Crippen LogP contribution in [-0.2, 0) is 4.79 Å². The Bertz CT molecular complexity index is 434. The van der Waals surface area contributed by atoms with Crippen LogP contribution in [0.5, 0.6) is 0 Å². The minimum absolute atomic E-state index is 0.00621. The lowest BCUT2D eigenvalue weighted by atomic mass is 10.2. The molecule has 1 aromatic heterocycles. The van der Waals surface area contributed by atoms with E-state index in [0.717, 1.165) is 6.42 Å². The van der Waals surface area contributed by atoms with Crippen molar-refractivity contribution in [2.75, 3.05) is 6.54 Å². The first-order valence-electron chi connectivity index (χ1n) is 5.22. The second kappa shape index (κ2) is 5.09. The van der Waals surface area contributed by atoms with E-state index < -0.39 is 0 Å². The summed E-state index contributed by atoms with van der Waals surface area (Å²) in [5.74, 6) is -0.300. The molecule has 6 nitrogen and oxygen atoms in total. The first-order valence-corrected chi connectivity index (χ1v) is 5.60. The summed E-state index contributed by atoms with van der Waals surface area (Å²) in [6.45, 7) is 0.398. The number of nitrogens with one attached hydrogen (secondary N) is 2. The van der Waals surface area contributed by atoms with Crippen molar-refractivity contribution in [2.45, 2.75) is 18.9 Å². The van der Waals surface area contributed by atoms with Crippen molar-refractivity contribution < 1.29 is 9.59 Å². The Balaban J connectivity index is 1.85. The van der Waals surface area contributed by atoms with Gasteiger partial charge >= 0.3 is 0 Å². The number of carbonyl (C=O) groups excluding carboxylic acids is 2. The van der Waals surface area contributed by atoms with Crippen molar-refractivity contribution in [2.24, 2.45) is 0 Å². The average Bonchev–Trinajstić information content (AvgIpc) is 2.73. The van der Waals surface area contributed by atoms with Crippen LogP contribution in [0.2, 0.25) is 5.15 Å². The summed E-state index contributed by atoms with van der Waals surface area (Å²) in [6.07, 6.45) is 1.26. The van der Waals surface area contributed by atoms with Crippen LogP contribution in [0.1, 0.15) is 23.3 Å². The molecule has 2 amide bonds. The Labute approximate surface area is 103 Å². The average molecular weight is 255 g/mol. The molecule has 1 unspecified atom stereocenters. The largest absolute Gasteiger partial charge is 0.352 e. The van der Waals surface area contributed by atoms with Crippen molar-refractivity contribution in [3.63, 3.8) is 0 Å². The molecule has 1 aromatic rings. The zero-order valence-corrected chi connectivity index (χ0v) is 9.70. The van der Waals surface area contributed by atoms with Gasteiger partial charge in [-0.05, 0) is 18.6 Å². The SMILES string of the molecule is O=C1CCC(CNC(=O)c2ccc(Cl)nn2)N1. The molecule has 0 saturated carbocycles. The Hall–Kier alpha value is -1.69. The topological polar surface area (TPSA) is 84.0 Å². The minimum Gasteiger partial charge on any atom is -0.352 e. The van der Waals surface area contributed by atoms with Crippen molar-refractivity contribution >= 4 is 23.4 Å². The highest BCUT2D eigenvalue weighted by molar-refractivity contribution is 6.29. The standard InChI is InChI=1S/C10H11ClN4O2/c11-8-3-2-7(14-15-8)10(17)12-5-6-1-4-9(16)13-6/h2-3,6H,1,4-5H2,(H,12,17)(H,13,16). The predicted molar refractivity (Wildman–Crippen MR) is 60.5 cm³/mol. The van der Waals surface area contributed by atoms with Crippen LogP contribution in [0.15, 0.2) is 12.1 Å². The first kappa shape index (κ1) is 11.8. The van der Waals surface area contributed by atoms with E-state index in [1.165, 1.54) is 12.1 Å². The van der Waals surface area contributed by atoms with E-state index in [4.69, 9.17) is 11.6 Å². The van der Waals surface area contributed by atoms with Gasteiger partial charge in [-0.1, -0.05) is 11.6 Å². The number of rotatable bonds is 3. The van der Waals surface area contributed by atoms with Gasteiger partial charge < -0.3 is 10.6 Å². The third-order valence-electron chi connectivity index (χ3n) is 2.46. The molecule has 1 saturated heterocycles. The van der Waals surface area contributed by atoms with E-state index in [1.54, 1.807) is 0 Å². The van der Waals surface area contributed by atoms with E-state index in [1.807, 2.05) is 0 Å². The van der Waals surface area contributed by atoms with Gasteiger partial charge in [-0.15, -0.1) is 10.2 Å². The number of nitrogens with zero attached hydrogens (tertiary/aromatic N) is 2. The maximum absolute atomic E-state index is 11.6. The molecule has 1 aliphatic rings. The molecule has 0 aromatic carbocycles. The van der Waals surface area contributed by atoms with Gasteiger partial charge in [0.2, 0.25) is 5.91 Å². The van der Waals surface area contributed by atoms with Crippen LogP contribution in [0.25, 0.3) is 0 Å². The molecule has 2 rings (SSSR count). The van der Waals surface area contributed by atoms with Gasteiger partial charge in [-0.3, -0.25) is 9.59 Å². The van der Waals surface area contributed by atoms with Crippen molar-refractivity contribution in [1.82, 2.24) is 20.8 Å². The minimum atomic E-state index is -0.324. The monoisotopic (exact) mass is 254 g/mol. The molecule has 2 heterocycles. The molecule has 0 radical (unpaired) electrons. The quantitative estimate of drug-likeness (QED) is 0.804. The summed E-state index contributed by atoms with van der Waals surface area (Å²) in [6, 6.07) is 3.00. The zero-order chi connectivity index (χ0) is 12.3. The van der Waals surface area contributed by atoms with Gasteiger partial charge in [-0.25, -0.2) is 0 Å². The molecule has 1 fully saturated rings. The summed E-state index contributed by atoms with van der Waals surface area (Å²) in [5, 5.41) is 12.9. The third kappa shape index (κ3) is 3.13. The fourth-order valence-corrected chi connectivity index (χ4v) is 1.67. The molecule has 7 heteroatoms. The van der Waals surface area contributed by atoms with E-state index in [0.29, 0.717) is 13.0 Å². The van der Waals surface area contributed by atoms with Gasteiger partial charge in [0, 0.05) is 19.0 Å². The maximum Gasteiger partial charge on any atom is 0.271 e. The molecule has 90 valence electrons. The van der Waals surface area contributed by atoms with Crippen LogP contribution in [0.3, 0.4) is 0 Å². The molecule has 2 N–H and O–H groups in total. The lowest BCUT2D eigenvalue weighted by molar-refractivity contribution is -0.119. The van der Waals surface area contributed by atoms with Crippen molar-refractivity contribution in [3.8, 4) is 0 Å². The van der Waals surface area contributed by atoms with Crippen LogP contribution in [0.4, 0.5) is 0 Å². The lowest BCUT2D eigenvalue weighted by Gasteiger charge is -2.10. The highest BCUT2D eigenvalue weighted by Crippen LogP contribution is 2.06. The van der Waals surface area contributed by atoms with Gasteiger partial charge in [0.15, 0.2) is 10.8 Å². The van der Waals surface area contributed by atoms with Gasteiger partial charge in [0.1, 0.15) is 0 Å². The second-order valence-electron chi connectivity index (χ2n) is 3.75. The Morgan fingerprint density at radius 3 is 2.94 bits per heavy atom. The number of halogens is 1. The van der Waals surface area contributed by atoms with Crippen LogP contribution < -0.4 is 10.6 Å². The van der Waals surface area contributed by atoms with Crippen LogP contribution in [0, 0.1) is 0 Å². The lowest BCUT2D eigenvalue weighted by Crippen LogP contribution is -2.38. The van der Waals surface area contributed by atoms with Crippen LogP contribution in [-0.4, -0.2) is 34.6 Å². The van der Waals surface area contributed by atoms with E-state index in [-0.39, 0.29) is 28.7 Å². The Kier molecular flexibility index (Phi) is 3.53. The maximum atomic E-state index is 11.6. The normalized spacial score (nSPS) is 18.9. The molecule has 17 heavy (non-hydrogen) atoms. The first-order chi connectivity index (χ1) is 8.15. The smallest absolute Gasteiger partial charge is 0.271 e. The zero-order valence-electron chi connectivity index (χ0n) is 8.94. The van der Waals surface area contributed by atoms with E-state index in [9.17, 15) is 9.59 Å². The molecular weight excluding hydrogens is 244 g/mol. The van der Waals surface area contributed by atoms with Gasteiger partial charge in [-0.2, -0.15) is 0 Å². The number of hydrogen-bond acceptors (Lipinski definition) is 4. The molecule has 0 spiro atoms. The van der Waals surface area contributed by atoms with Crippen molar-refractivity contribution in [3.05, 3.63) is 23.0 Å². The molecule has 1 aliphatic heterocycles. The third-order valence-corrected chi connectivity index (χ3v) is 2.66. The summed E-state index contributed by atoms with van der Waals surface area (Å²) in [4.78, 5) is 22.6. The highest BCUT2D eigenvalue weighted by Gasteiger charge is 2.21. The number of hydrogen-bond donors (Lipinski definition) is 2. The fraction of sp³-hybridized carbons (Fsp3) is 0.400. The summed E-state index contributed by atoms with van der Waals surface area (Å²) in [7, 11) is 0. The fourth-order valence-electron chi connectivity index (χ4n) is 1.57. The van der Waals surface area contributed by atoms with Crippen LogP contribution >= 0.6 is 11.6 Å². The second-order valence-corrected chi connectivity index (χ2v) is 4.14.